The van der Waals surface area contributed by atoms with Gasteiger partial charge in [0.25, 0.3) is 5.56 Å². The van der Waals surface area contributed by atoms with Gasteiger partial charge in [-0.1, -0.05) is 54.6 Å². The van der Waals surface area contributed by atoms with E-state index in [4.69, 9.17) is 0 Å². The molecular formula is C21H24N4O3. The number of amides is 1. The number of nitrogens with zero attached hydrogens (tertiary/aromatic N) is 3. The van der Waals surface area contributed by atoms with Crippen molar-refractivity contribution >= 4 is 16.8 Å². The van der Waals surface area contributed by atoms with Crippen LogP contribution < -0.4 is 10.9 Å². The molecule has 2 aromatic carbocycles. The minimum absolute atomic E-state index is 0.224. The summed E-state index contributed by atoms with van der Waals surface area (Å²) in [6.07, 6.45) is -0.0159. The van der Waals surface area contributed by atoms with E-state index in [1.807, 2.05) is 37.3 Å². The first kappa shape index (κ1) is 19.7. The Morgan fingerprint density at radius 1 is 1.18 bits per heavy atom. The summed E-state index contributed by atoms with van der Waals surface area (Å²) in [7, 11) is 0. The minimum Gasteiger partial charge on any atom is -0.393 e. The van der Waals surface area contributed by atoms with Crippen molar-refractivity contribution in [3.8, 4) is 0 Å². The fourth-order valence-corrected chi connectivity index (χ4v) is 3.04. The number of aliphatic hydroxyl groups is 1. The first-order valence-corrected chi connectivity index (χ1v) is 9.20. The van der Waals surface area contributed by atoms with Crippen LogP contribution in [0.5, 0.6) is 0 Å². The standard InChI is InChI=1S/C21H24N4O3/c1-15(26)21(2,12-16-8-4-3-5-9-16)14-22-19(27)13-25-20(28)17-10-6-7-11-18(17)23-24-25/h3-11,15,26H,12-14H2,1-2H3,(H,22,27)/t15-,21+/m1/s1. The predicted molar refractivity (Wildman–Crippen MR) is 107 cm³/mol. The van der Waals surface area contributed by atoms with Crippen molar-refractivity contribution in [2.75, 3.05) is 6.54 Å². The molecule has 1 aromatic heterocycles. The Hall–Kier alpha value is -3.06. The van der Waals surface area contributed by atoms with E-state index in [-0.39, 0.29) is 24.6 Å². The van der Waals surface area contributed by atoms with Crippen molar-refractivity contribution in [1.29, 1.82) is 0 Å². The van der Waals surface area contributed by atoms with Gasteiger partial charge in [-0.2, -0.15) is 0 Å². The zero-order chi connectivity index (χ0) is 20.1. The van der Waals surface area contributed by atoms with Crippen LogP contribution in [0, 0.1) is 5.41 Å². The Kier molecular flexibility index (Phi) is 5.84. The monoisotopic (exact) mass is 380 g/mol. The Balaban J connectivity index is 1.68. The van der Waals surface area contributed by atoms with Gasteiger partial charge in [0, 0.05) is 12.0 Å². The van der Waals surface area contributed by atoms with Crippen LogP contribution >= 0.6 is 0 Å². The van der Waals surface area contributed by atoms with Crippen LogP contribution in [-0.4, -0.2) is 38.7 Å². The number of hydrogen-bond acceptors (Lipinski definition) is 5. The normalized spacial score (nSPS) is 14.4. The van der Waals surface area contributed by atoms with Gasteiger partial charge in [-0.15, -0.1) is 5.10 Å². The third-order valence-electron chi connectivity index (χ3n) is 5.07. The zero-order valence-electron chi connectivity index (χ0n) is 16.0. The second-order valence-electron chi connectivity index (χ2n) is 7.34. The summed E-state index contributed by atoms with van der Waals surface area (Å²) in [6.45, 7) is 3.69. The number of carbonyl (C=O) groups is 1. The first-order valence-electron chi connectivity index (χ1n) is 9.20. The number of hydrogen-bond donors (Lipinski definition) is 2. The fourth-order valence-electron chi connectivity index (χ4n) is 3.04. The van der Waals surface area contributed by atoms with Crippen LogP contribution in [0.3, 0.4) is 0 Å². The maximum atomic E-state index is 12.5. The smallest absolute Gasteiger partial charge is 0.278 e. The number of benzene rings is 2. The van der Waals surface area contributed by atoms with Crippen LogP contribution in [-0.2, 0) is 17.8 Å². The molecule has 0 saturated carbocycles. The number of nitrogens with one attached hydrogen (secondary N) is 1. The summed E-state index contributed by atoms with van der Waals surface area (Å²) in [5.41, 5.74) is 0.672. The Morgan fingerprint density at radius 3 is 2.57 bits per heavy atom. The molecule has 3 aromatic rings. The summed E-state index contributed by atoms with van der Waals surface area (Å²) >= 11 is 0. The van der Waals surface area contributed by atoms with Crippen LogP contribution in [0.1, 0.15) is 19.4 Å². The maximum absolute atomic E-state index is 12.5. The largest absolute Gasteiger partial charge is 0.393 e. The quantitative estimate of drug-likeness (QED) is 0.648. The Bertz CT molecular complexity index is 1020. The number of aromatic nitrogens is 3. The molecule has 0 bridgehead atoms. The van der Waals surface area contributed by atoms with Crippen LogP contribution in [0.4, 0.5) is 0 Å². The molecule has 28 heavy (non-hydrogen) atoms. The van der Waals surface area contributed by atoms with Crippen molar-refractivity contribution in [2.45, 2.75) is 32.9 Å². The second kappa shape index (κ2) is 8.31. The molecule has 0 radical (unpaired) electrons. The van der Waals surface area contributed by atoms with E-state index < -0.39 is 11.5 Å². The van der Waals surface area contributed by atoms with E-state index >= 15 is 0 Å². The van der Waals surface area contributed by atoms with Gasteiger partial charge in [0.15, 0.2) is 0 Å². The highest BCUT2D eigenvalue weighted by atomic mass is 16.3. The molecule has 146 valence electrons. The summed E-state index contributed by atoms with van der Waals surface area (Å²) in [5, 5.41) is 21.3. The zero-order valence-corrected chi connectivity index (χ0v) is 16.0. The number of rotatable bonds is 7. The van der Waals surface area contributed by atoms with E-state index in [9.17, 15) is 14.7 Å². The van der Waals surface area contributed by atoms with Gasteiger partial charge in [0.1, 0.15) is 12.1 Å². The molecule has 0 saturated heterocycles. The predicted octanol–water partition coefficient (Wildman–Crippen LogP) is 1.54. The topological polar surface area (TPSA) is 97.1 Å². The van der Waals surface area contributed by atoms with Crippen LogP contribution in [0.2, 0.25) is 0 Å². The van der Waals surface area contributed by atoms with Gasteiger partial charge in [0.05, 0.1) is 11.5 Å². The lowest BCUT2D eigenvalue weighted by Crippen LogP contribution is -2.45. The summed E-state index contributed by atoms with van der Waals surface area (Å²) in [4.78, 5) is 24.9. The molecule has 0 unspecified atom stereocenters. The van der Waals surface area contributed by atoms with Crippen molar-refractivity contribution in [2.24, 2.45) is 5.41 Å². The van der Waals surface area contributed by atoms with Gasteiger partial charge in [0.2, 0.25) is 5.91 Å². The van der Waals surface area contributed by atoms with Crippen molar-refractivity contribution < 1.29 is 9.90 Å². The van der Waals surface area contributed by atoms with E-state index in [1.165, 1.54) is 0 Å². The Morgan fingerprint density at radius 2 is 1.86 bits per heavy atom. The lowest BCUT2D eigenvalue weighted by molar-refractivity contribution is -0.122. The highest BCUT2D eigenvalue weighted by Gasteiger charge is 2.31. The van der Waals surface area contributed by atoms with Crippen molar-refractivity contribution in [1.82, 2.24) is 20.3 Å². The molecule has 2 atom stereocenters. The van der Waals surface area contributed by atoms with Crippen molar-refractivity contribution in [3.63, 3.8) is 0 Å². The fraction of sp³-hybridized carbons (Fsp3) is 0.333. The van der Waals surface area contributed by atoms with Gasteiger partial charge in [-0.05, 0) is 31.0 Å². The molecule has 7 nitrogen and oxygen atoms in total. The van der Waals surface area contributed by atoms with E-state index in [1.54, 1.807) is 31.2 Å². The van der Waals surface area contributed by atoms with Crippen molar-refractivity contribution in [3.05, 3.63) is 70.5 Å². The highest BCUT2D eigenvalue weighted by Crippen LogP contribution is 2.26. The van der Waals surface area contributed by atoms with Gasteiger partial charge in [-0.3, -0.25) is 9.59 Å². The molecule has 1 amide bonds. The third kappa shape index (κ3) is 4.43. The second-order valence-corrected chi connectivity index (χ2v) is 7.34. The average Bonchev–Trinajstić information content (AvgIpc) is 2.69. The van der Waals surface area contributed by atoms with Crippen LogP contribution in [0.15, 0.2) is 59.4 Å². The molecule has 0 fully saturated rings. The third-order valence-corrected chi connectivity index (χ3v) is 5.07. The summed E-state index contributed by atoms with van der Waals surface area (Å²) < 4.78 is 1.05. The van der Waals surface area contributed by atoms with Gasteiger partial charge >= 0.3 is 0 Å². The minimum atomic E-state index is -0.629. The molecule has 3 rings (SSSR count). The Labute approximate surface area is 163 Å². The van der Waals surface area contributed by atoms with E-state index in [0.29, 0.717) is 17.3 Å². The van der Waals surface area contributed by atoms with Crippen LogP contribution in [0.25, 0.3) is 10.9 Å². The molecule has 0 aliphatic rings. The van der Waals surface area contributed by atoms with E-state index in [2.05, 4.69) is 15.6 Å². The lowest BCUT2D eigenvalue weighted by atomic mass is 9.79. The molecule has 0 spiro atoms. The number of fused-ring (bicyclic) bond motifs is 1. The molecule has 0 aliphatic carbocycles. The average molecular weight is 380 g/mol. The van der Waals surface area contributed by atoms with E-state index in [0.717, 1.165) is 10.2 Å². The molecule has 1 heterocycles. The first-order chi connectivity index (χ1) is 13.4. The molecule has 2 N–H and O–H groups in total. The van der Waals surface area contributed by atoms with Gasteiger partial charge in [-0.25, -0.2) is 4.68 Å². The summed E-state index contributed by atoms with van der Waals surface area (Å²) in [5.74, 6) is -0.355. The SMILES string of the molecule is C[C@@H](O)[C@](C)(CNC(=O)Cn1nnc2ccccc2c1=O)Cc1ccccc1. The highest BCUT2D eigenvalue weighted by molar-refractivity contribution is 5.78. The molecule has 7 heteroatoms. The lowest BCUT2D eigenvalue weighted by Gasteiger charge is -2.33. The molecular weight excluding hydrogens is 356 g/mol. The van der Waals surface area contributed by atoms with Gasteiger partial charge < -0.3 is 10.4 Å². The maximum Gasteiger partial charge on any atom is 0.278 e. The summed E-state index contributed by atoms with van der Waals surface area (Å²) in [6, 6.07) is 16.7. The number of carbonyl (C=O) groups excluding carboxylic acids is 1. The molecule has 0 aliphatic heterocycles. The number of aliphatic hydroxyl groups excluding tert-OH is 1.